The van der Waals surface area contributed by atoms with E-state index in [1.54, 1.807) is 11.8 Å². The predicted molar refractivity (Wildman–Crippen MR) is 81.0 cm³/mol. The zero-order chi connectivity index (χ0) is 12.5. The average molecular weight is 319 g/mol. The number of hydrogen-bond donors (Lipinski definition) is 1. The molecule has 0 saturated heterocycles. The molecule has 4 heteroatoms. The molecule has 0 aliphatic carbocycles. The molecule has 0 aliphatic heterocycles. The summed E-state index contributed by atoms with van der Waals surface area (Å²) in [5.74, 6) is 0.907. The largest absolute Gasteiger partial charge is 0.338 e. The van der Waals surface area contributed by atoms with Crippen LogP contribution in [0.5, 0.6) is 0 Å². The number of fused-ring (bicyclic) bond motifs is 1. The number of imidazole rings is 1. The molecule has 1 aromatic heterocycles. The number of halogens is 1. The van der Waals surface area contributed by atoms with E-state index < -0.39 is 0 Å². The van der Waals surface area contributed by atoms with Crippen LogP contribution in [0.2, 0.25) is 0 Å². The monoisotopic (exact) mass is 318 g/mol. The number of para-hydroxylation sites is 1. The minimum absolute atomic E-state index is 0.907. The van der Waals surface area contributed by atoms with Crippen LogP contribution >= 0.6 is 27.7 Å². The SMILES string of the molecule is CSc1ccc(-c2nc3c(Br)cccc3[nH]2)cc1. The Morgan fingerprint density at radius 1 is 1.11 bits per heavy atom. The Hall–Kier alpha value is -1.26. The molecule has 3 aromatic rings. The third-order valence-corrected chi connectivity index (χ3v) is 4.21. The van der Waals surface area contributed by atoms with Gasteiger partial charge < -0.3 is 4.98 Å². The molecule has 0 spiro atoms. The summed E-state index contributed by atoms with van der Waals surface area (Å²) in [6.45, 7) is 0. The van der Waals surface area contributed by atoms with Gasteiger partial charge in [-0.1, -0.05) is 18.2 Å². The van der Waals surface area contributed by atoms with Crippen LogP contribution in [0.25, 0.3) is 22.4 Å². The van der Waals surface area contributed by atoms with Crippen molar-refractivity contribution in [3.63, 3.8) is 0 Å². The van der Waals surface area contributed by atoms with Gasteiger partial charge in [0.05, 0.1) is 5.52 Å². The highest BCUT2D eigenvalue weighted by Crippen LogP contribution is 2.26. The van der Waals surface area contributed by atoms with Gasteiger partial charge in [0.25, 0.3) is 0 Å². The predicted octanol–water partition coefficient (Wildman–Crippen LogP) is 4.71. The van der Waals surface area contributed by atoms with Crippen LogP contribution in [0.15, 0.2) is 51.8 Å². The van der Waals surface area contributed by atoms with Crippen molar-refractivity contribution in [1.82, 2.24) is 9.97 Å². The molecule has 0 fully saturated rings. The first-order chi connectivity index (χ1) is 8.78. The van der Waals surface area contributed by atoms with Crippen LogP contribution in [0, 0.1) is 0 Å². The summed E-state index contributed by atoms with van der Waals surface area (Å²) in [7, 11) is 0. The lowest BCUT2D eigenvalue weighted by Gasteiger charge is -1.98. The van der Waals surface area contributed by atoms with Crippen LogP contribution in [-0.4, -0.2) is 16.2 Å². The highest BCUT2D eigenvalue weighted by atomic mass is 79.9. The molecule has 0 unspecified atom stereocenters. The number of thioether (sulfide) groups is 1. The maximum atomic E-state index is 4.63. The second-order valence-corrected chi connectivity index (χ2v) is 5.68. The van der Waals surface area contributed by atoms with E-state index in [4.69, 9.17) is 0 Å². The van der Waals surface area contributed by atoms with Gasteiger partial charge in [-0.05, 0) is 46.5 Å². The molecule has 2 nitrogen and oxygen atoms in total. The Morgan fingerprint density at radius 2 is 1.89 bits per heavy atom. The van der Waals surface area contributed by atoms with Gasteiger partial charge in [-0.25, -0.2) is 4.98 Å². The number of nitrogens with one attached hydrogen (secondary N) is 1. The van der Waals surface area contributed by atoms with E-state index in [2.05, 4.69) is 56.4 Å². The molecule has 2 aromatic carbocycles. The van der Waals surface area contributed by atoms with Crippen molar-refractivity contribution in [2.75, 3.05) is 6.26 Å². The number of benzene rings is 2. The first-order valence-electron chi connectivity index (χ1n) is 5.56. The maximum absolute atomic E-state index is 4.63. The van der Waals surface area contributed by atoms with Gasteiger partial charge in [0.1, 0.15) is 11.3 Å². The summed E-state index contributed by atoms with van der Waals surface area (Å²) in [5, 5.41) is 0. The van der Waals surface area contributed by atoms with Gasteiger partial charge in [0, 0.05) is 14.9 Å². The highest BCUT2D eigenvalue weighted by Gasteiger charge is 2.07. The first kappa shape index (κ1) is 11.8. The van der Waals surface area contributed by atoms with Crippen molar-refractivity contribution in [2.24, 2.45) is 0 Å². The van der Waals surface area contributed by atoms with Gasteiger partial charge in [-0.15, -0.1) is 11.8 Å². The van der Waals surface area contributed by atoms with Crippen LogP contribution in [0.4, 0.5) is 0 Å². The summed E-state index contributed by atoms with van der Waals surface area (Å²) in [5.41, 5.74) is 3.13. The Morgan fingerprint density at radius 3 is 2.56 bits per heavy atom. The lowest BCUT2D eigenvalue weighted by Crippen LogP contribution is -1.79. The molecule has 0 amide bonds. The van der Waals surface area contributed by atoms with Gasteiger partial charge in [0.15, 0.2) is 0 Å². The molecule has 18 heavy (non-hydrogen) atoms. The van der Waals surface area contributed by atoms with Gasteiger partial charge in [-0.3, -0.25) is 0 Å². The van der Waals surface area contributed by atoms with Gasteiger partial charge >= 0.3 is 0 Å². The van der Waals surface area contributed by atoms with Crippen molar-refractivity contribution in [2.45, 2.75) is 4.90 Å². The van der Waals surface area contributed by atoms with Crippen LogP contribution in [0.3, 0.4) is 0 Å². The molecule has 1 N–H and O–H groups in total. The number of aromatic nitrogens is 2. The summed E-state index contributed by atoms with van der Waals surface area (Å²) in [6.07, 6.45) is 2.08. The number of aromatic amines is 1. The second-order valence-electron chi connectivity index (χ2n) is 3.95. The van der Waals surface area contributed by atoms with E-state index in [0.717, 1.165) is 26.9 Å². The van der Waals surface area contributed by atoms with Crippen LogP contribution in [0.1, 0.15) is 0 Å². The zero-order valence-corrected chi connectivity index (χ0v) is 12.2. The molecule has 90 valence electrons. The Balaban J connectivity index is 2.10. The summed E-state index contributed by atoms with van der Waals surface area (Å²) >= 11 is 5.26. The third kappa shape index (κ3) is 2.06. The highest BCUT2D eigenvalue weighted by molar-refractivity contribution is 9.10. The number of rotatable bonds is 2. The first-order valence-corrected chi connectivity index (χ1v) is 7.58. The Labute approximate surface area is 118 Å². The van der Waals surface area contributed by atoms with E-state index in [1.165, 1.54) is 4.90 Å². The zero-order valence-electron chi connectivity index (χ0n) is 9.77. The molecule has 3 rings (SSSR count). The quantitative estimate of drug-likeness (QED) is 0.693. The molecule has 0 bridgehead atoms. The fraction of sp³-hybridized carbons (Fsp3) is 0.0714. The summed E-state index contributed by atoms with van der Waals surface area (Å²) < 4.78 is 1.02. The van der Waals surface area contributed by atoms with Gasteiger partial charge in [0.2, 0.25) is 0 Å². The Kier molecular flexibility index (Phi) is 3.14. The molecule has 0 radical (unpaired) electrons. The summed E-state index contributed by atoms with van der Waals surface area (Å²) in [6, 6.07) is 14.5. The molecule has 0 aliphatic rings. The minimum Gasteiger partial charge on any atom is -0.338 e. The summed E-state index contributed by atoms with van der Waals surface area (Å²) in [4.78, 5) is 9.23. The second kappa shape index (κ2) is 4.78. The number of hydrogen-bond acceptors (Lipinski definition) is 2. The van der Waals surface area contributed by atoms with E-state index in [0.29, 0.717) is 0 Å². The average Bonchev–Trinajstić information content (AvgIpc) is 2.84. The normalized spacial score (nSPS) is 11.0. The minimum atomic E-state index is 0.907. The standard InChI is InChI=1S/C14H11BrN2S/c1-18-10-7-5-9(6-8-10)14-16-12-4-2-3-11(15)13(12)17-14/h2-8H,1H3,(H,16,17). The molecular weight excluding hydrogens is 308 g/mol. The fourth-order valence-corrected chi connectivity index (χ4v) is 2.75. The smallest absolute Gasteiger partial charge is 0.138 e. The third-order valence-electron chi connectivity index (χ3n) is 2.83. The molecule has 0 atom stereocenters. The van der Waals surface area contributed by atoms with Crippen molar-refractivity contribution >= 4 is 38.7 Å². The molecule has 0 saturated carbocycles. The molecule has 1 heterocycles. The number of nitrogens with zero attached hydrogens (tertiary/aromatic N) is 1. The fourth-order valence-electron chi connectivity index (χ4n) is 1.88. The van der Waals surface area contributed by atoms with Gasteiger partial charge in [-0.2, -0.15) is 0 Å². The van der Waals surface area contributed by atoms with Crippen molar-refractivity contribution in [3.8, 4) is 11.4 Å². The van der Waals surface area contributed by atoms with E-state index in [-0.39, 0.29) is 0 Å². The maximum Gasteiger partial charge on any atom is 0.138 e. The van der Waals surface area contributed by atoms with Crippen LogP contribution in [-0.2, 0) is 0 Å². The van der Waals surface area contributed by atoms with E-state index in [9.17, 15) is 0 Å². The van der Waals surface area contributed by atoms with Crippen molar-refractivity contribution in [3.05, 3.63) is 46.9 Å². The lowest BCUT2D eigenvalue weighted by atomic mass is 10.2. The van der Waals surface area contributed by atoms with Crippen LogP contribution < -0.4 is 0 Å². The molecular formula is C14H11BrN2S. The van der Waals surface area contributed by atoms with Crippen molar-refractivity contribution in [1.29, 1.82) is 0 Å². The van der Waals surface area contributed by atoms with E-state index >= 15 is 0 Å². The Bertz CT molecular complexity index is 689. The number of H-pyrrole nitrogens is 1. The van der Waals surface area contributed by atoms with Crippen molar-refractivity contribution < 1.29 is 0 Å². The lowest BCUT2D eigenvalue weighted by molar-refractivity contribution is 1.32. The topological polar surface area (TPSA) is 28.7 Å². The van der Waals surface area contributed by atoms with E-state index in [1.807, 2.05) is 18.2 Å².